The second-order valence-electron chi connectivity index (χ2n) is 5.52. The Morgan fingerprint density at radius 1 is 0.905 bits per heavy atom. The van der Waals surface area contributed by atoms with Crippen LogP contribution in [0.15, 0.2) is 71.5 Å². The van der Waals surface area contributed by atoms with Crippen molar-refractivity contribution in [2.45, 2.75) is 19.0 Å². The fourth-order valence-corrected chi connectivity index (χ4v) is 3.16. The van der Waals surface area contributed by atoms with Gasteiger partial charge in [0.05, 0.1) is 18.6 Å². The fraction of sp³-hybridized carbons (Fsp3) is 0.158. The van der Waals surface area contributed by atoms with Crippen molar-refractivity contribution in [2.24, 2.45) is 0 Å². The number of benzene rings is 2. The second-order valence-corrected chi connectivity index (χ2v) is 5.52. The molecule has 0 fully saturated rings. The van der Waals surface area contributed by atoms with Gasteiger partial charge in [0.25, 0.3) is 0 Å². The zero-order chi connectivity index (χ0) is 14.1. The van der Waals surface area contributed by atoms with Gasteiger partial charge in [-0.2, -0.15) is 0 Å². The Morgan fingerprint density at radius 3 is 2.19 bits per heavy atom. The molecule has 2 aromatic carbocycles. The Kier molecular flexibility index (Phi) is 3.09. The molecule has 1 N–H and O–H groups in total. The van der Waals surface area contributed by atoms with Crippen LogP contribution in [0, 0.1) is 0 Å². The minimum atomic E-state index is 0.251. The molecule has 2 heteroatoms. The zero-order valence-corrected chi connectivity index (χ0v) is 11.8. The van der Waals surface area contributed by atoms with Crippen molar-refractivity contribution in [2.75, 3.05) is 0 Å². The van der Waals surface area contributed by atoms with E-state index in [2.05, 4.69) is 53.8 Å². The van der Waals surface area contributed by atoms with Gasteiger partial charge in [0, 0.05) is 12.1 Å². The van der Waals surface area contributed by atoms with Crippen LogP contribution in [0.2, 0.25) is 0 Å². The summed E-state index contributed by atoms with van der Waals surface area (Å²) in [7, 11) is 0. The molecular weight excluding hydrogens is 258 g/mol. The van der Waals surface area contributed by atoms with Crippen LogP contribution in [0.4, 0.5) is 0 Å². The Morgan fingerprint density at radius 2 is 1.57 bits per heavy atom. The molecule has 4 rings (SSSR count). The normalized spacial score (nSPS) is 13.7. The molecule has 0 aliphatic heterocycles. The maximum atomic E-state index is 5.15. The summed E-state index contributed by atoms with van der Waals surface area (Å²) in [5, 5.41) is 3.68. The molecule has 0 radical (unpaired) electrons. The molecule has 1 aliphatic rings. The molecule has 0 saturated carbocycles. The minimum Gasteiger partial charge on any atom is -0.472 e. The molecular formula is C19H17NO. The number of hydrogen-bond donors (Lipinski definition) is 1. The summed E-state index contributed by atoms with van der Waals surface area (Å²) in [6.45, 7) is 0.809. The van der Waals surface area contributed by atoms with E-state index < -0.39 is 0 Å². The largest absolute Gasteiger partial charge is 0.472 e. The molecule has 3 aromatic rings. The average molecular weight is 275 g/mol. The smallest absolute Gasteiger partial charge is 0.0947 e. The van der Waals surface area contributed by atoms with Gasteiger partial charge in [0.1, 0.15) is 0 Å². The van der Waals surface area contributed by atoms with E-state index in [-0.39, 0.29) is 6.04 Å². The van der Waals surface area contributed by atoms with E-state index in [1.807, 2.05) is 6.07 Å². The van der Waals surface area contributed by atoms with E-state index in [0.717, 1.165) is 13.0 Å². The monoisotopic (exact) mass is 275 g/mol. The summed E-state index contributed by atoms with van der Waals surface area (Å²) >= 11 is 0. The summed E-state index contributed by atoms with van der Waals surface area (Å²) in [4.78, 5) is 0. The molecule has 1 heterocycles. The SMILES string of the molecule is c1ccc2c(c1)Cc1ccccc1C2NCc1ccoc1. The summed E-state index contributed by atoms with van der Waals surface area (Å²) in [6, 6.07) is 19.7. The van der Waals surface area contributed by atoms with Crippen molar-refractivity contribution >= 4 is 0 Å². The standard InChI is InChI=1S/C19H17NO/c1-3-7-17-15(5-1)11-16-6-2-4-8-18(16)19(17)20-12-14-9-10-21-13-14/h1-10,13,19-20H,11-12H2. The van der Waals surface area contributed by atoms with Crippen molar-refractivity contribution in [3.8, 4) is 0 Å². The molecule has 0 spiro atoms. The predicted molar refractivity (Wildman–Crippen MR) is 83.1 cm³/mol. The van der Waals surface area contributed by atoms with Gasteiger partial charge >= 0.3 is 0 Å². The lowest BCUT2D eigenvalue weighted by atomic mass is 9.82. The average Bonchev–Trinajstić information content (AvgIpc) is 3.05. The fourth-order valence-electron chi connectivity index (χ4n) is 3.16. The molecule has 0 amide bonds. The van der Waals surface area contributed by atoms with Crippen molar-refractivity contribution in [1.82, 2.24) is 5.32 Å². The Labute approximate surface area is 124 Å². The molecule has 0 bridgehead atoms. The van der Waals surface area contributed by atoms with Crippen LogP contribution < -0.4 is 5.32 Å². The van der Waals surface area contributed by atoms with Crippen LogP contribution in [0.1, 0.15) is 33.9 Å². The summed E-state index contributed by atoms with van der Waals surface area (Å²) in [6.07, 6.45) is 4.55. The molecule has 21 heavy (non-hydrogen) atoms. The third-order valence-electron chi connectivity index (χ3n) is 4.20. The summed E-state index contributed by atoms with van der Waals surface area (Å²) in [5.41, 5.74) is 6.79. The highest BCUT2D eigenvalue weighted by atomic mass is 16.3. The Bertz CT molecular complexity index is 700. The van der Waals surface area contributed by atoms with Gasteiger partial charge in [0.15, 0.2) is 0 Å². The van der Waals surface area contributed by atoms with Gasteiger partial charge in [-0.15, -0.1) is 0 Å². The van der Waals surface area contributed by atoms with Gasteiger partial charge in [0.2, 0.25) is 0 Å². The predicted octanol–water partition coefficient (Wildman–Crippen LogP) is 4.06. The van der Waals surface area contributed by atoms with Crippen LogP contribution in [0.25, 0.3) is 0 Å². The Hall–Kier alpha value is -2.32. The van der Waals surface area contributed by atoms with Crippen molar-refractivity contribution < 1.29 is 4.42 Å². The number of furan rings is 1. The maximum absolute atomic E-state index is 5.15. The number of rotatable bonds is 3. The summed E-state index contributed by atoms with van der Waals surface area (Å²) in [5.74, 6) is 0. The zero-order valence-electron chi connectivity index (χ0n) is 11.8. The van der Waals surface area contributed by atoms with E-state index >= 15 is 0 Å². The lowest BCUT2D eigenvalue weighted by Crippen LogP contribution is -2.26. The van der Waals surface area contributed by atoms with Crippen molar-refractivity contribution in [1.29, 1.82) is 0 Å². The van der Waals surface area contributed by atoms with Crippen LogP contribution in [-0.4, -0.2) is 0 Å². The first-order valence-electron chi connectivity index (χ1n) is 7.32. The molecule has 104 valence electrons. The van der Waals surface area contributed by atoms with Gasteiger partial charge < -0.3 is 9.73 Å². The molecule has 2 nitrogen and oxygen atoms in total. The lowest BCUT2D eigenvalue weighted by Gasteiger charge is -2.29. The van der Waals surface area contributed by atoms with Gasteiger partial charge in [-0.1, -0.05) is 48.5 Å². The third-order valence-corrected chi connectivity index (χ3v) is 4.20. The first kappa shape index (κ1) is 12.4. The maximum Gasteiger partial charge on any atom is 0.0947 e. The van der Waals surface area contributed by atoms with E-state index in [9.17, 15) is 0 Å². The van der Waals surface area contributed by atoms with Gasteiger partial charge in [-0.05, 0) is 34.7 Å². The molecule has 0 atom stereocenters. The van der Waals surface area contributed by atoms with E-state index in [1.54, 1.807) is 12.5 Å². The van der Waals surface area contributed by atoms with Crippen molar-refractivity contribution in [3.63, 3.8) is 0 Å². The first-order chi connectivity index (χ1) is 10.4. The van der Waals surface area contributed by atoms with E-state index in [0.29, 0.717) is 0 Å². The second kappa shape index (κ2) is 5.23. The van der Waals surface area contributed by atoms with Crippen molar-refractivity contribution in [3.05, 3.63) is 94.9 Å². The van der Waals surface area contributed by atoms with Gasteiger partial charge in [-0.3, -0.25) is 0 Å². The minimum absolute atomic E-state index is 0.251. The van der Waals surface area contributed by atoms with E-state index in [1.165, 1.54) is 27.8 Å². The lowest BCUT2D eigenvalue weighted by molar-refractivity contribution is 0.551. The van der Waals surface area contributed by atoms with E-state index in [4.69, 9.17) is 4.42 Å². The topological polar surface area (TPSA) is 25.2 Å². The highest BCUT2D eigenvalue weighted by Gasteiger charge is 2.24. The molecule has 1 aromatic heterocycles. The van der Waals surface area contributed by atoms with Gasteiger partial charge in [-0.25, -0.2) is 0 Å². The van der Waals surface area contributed by atoms with Crippen LogP contribution in [-0.2, 0) is 13.0 Å². The summed E-state index contributed by atoms with van der Waals surface area (Å²) < 4.78 is 5.15. The number of fused-ring (bicyclic) bond motifs is 2. The van der Waals surface area contributed by atoms with Crippen LogP contribution in [0.5, 0.6) is 0 Å². The quantitative estimate of drug-likeness (QED) is 0.779. The van der Waals surface area contributed by atoms with Crippen LogP contribution >= 0.6 is 0 Å². The molecule has 0 unspecified atom stereocenters. The third kappa shape index (κ3) is 2.28. The first-order valence-corrected chi connectivity index (χ1v) is 7.32. The Balaban J connectivity index is 1.71. The highest BCUT2D eigenvalue weighted by Crippen LogP contribution is 2.34. The number of nitrogens with one attached hydrogen (secondary N) is 1. The molecule has 1 aliphatic carbocycles. The molecule has 0 saturated heterocycles. The van der Waals surface area contributed by atoms with Crippen LogP contribution in [0.3, 0.4) is 0 Å². The highest BCUT2D eigenvalue weighted by molar-refractivity contribution is 5.48. The number of hydrogen-bond acceptors (Lipinski definition) is 2.